The van der Waals surface area contributed by atoms with Gasteiger partial charge in [0.15, 0.2) is 0 Å². The molecule has 1 aliphatic heterocycles. The van der Waals surface area contributed by atoms with Gasteiger partial charge in [-0.1, -0.05) is 28.1 Å². The monoisotopic (exact) mass is 416 g/mol. The molecule has 1 N–H and O–H groups in total. The minimum Gasteiger partial charge on any atom is -0.324 e. The number of nitrogens with zero attached hydrogens (tertiary/aromatic N) is 1. The number of nitrogens with one attached hydrogen (secondary N) is 1. The molecule has 1 aromatic rings. The standard InChI is InChI=1S/C20H21BrN2O3/c1-9-6-14(7-10(2)17(9)21)22-18(24)11(3)23-19(25)15-12-4-5-13(8-12)16(15)20(23)26/h4-7,11-13,15-16H,8H2,1-3H3,(H,22,24). The van der Waals surface area contributed by atoms with Gasteiger partial charge in [0.2, 0.25) is 17.7 Å². The van der Waals surface area contributed by atoms with Crippen molar-refractivity contribution in [3.63, 3.8) is 0 Å². The quantitative estimate of drug-likeness (QED) is 0.607. The molecule has 2 bridgehead atoms. The number of carbonyl (C=O) groups is 3. The molecule has 2 aliphatic carbocycles. The summed E-state index contributed by atoms with van der Waals surface area (Å²) in [6, 6.07) is 2.92. The molecule has 5 nitrogen and oxygen atoms in total. The normalized spacial score (nSPS) is 30.1. The van der Waals surface area contributed by atoms with Crippen LogP contribution in [0, 0.1) is 37.5 Å². The number of fused-ring (bicyclic) bond motifs is 5. The first-order valence-electron chi connectivity index (χ1n) is 8.92. The second-order valence-corrected chi connectivity index (χ2v) is 8.43. The van der Waals surface area contributed by atoms with Gasteiger partial charge in [-0.2, -0.15) is 0 Å². The van der Waals surface area contributed by atoms with Gasteiger partial charge < -0.3 is 5.32 Å². The van der Waals surface area contributed by atoms with E-state index < -0.39 is 6.04 Å². The van der Waals surface area contributed by atoms with Crippen LogP contribution < -0.4 is 5.32 Å². The maximum atomic E-state index is 12.8. The molecule has 0 spiro atoms. The second-order valence-electron chi connectivity index (χ2n) is 7.64. The highest BCUT2D eigenvalue weighted by atomic mass is 79.9. The summed E-state index contributed by atoms with van der Waals surface area (Å²) in [6.07, 6.45) is 5.00. The van der Waals surface area contributed by atoms with E-state index >= 15 is 0 Å². The van der Waals surface area contributed by atoms with Crippen LogP contribution in [0.1, 0.15) is 24.5 Å². The van der Waals surface area contributed by atoms with Crippen molar-refractivity contribution in [1.29, 1.82) is 0 Å². The van der Waals surface area contributed by atoms with Crippen LogP contribution in [0.2, 0.25) is 0 Å². The number of imide groups is 1. The van der Waals surface area contributed by atoms with Crippen LogP contribution in [0.25, 0.3) is 0 Å². The first-order chi connectivity index (χ1) is 12.3. The number of carbonyl (C=O) groups excluding carboxylic acids is 3. The van der Waals surface area contributed by atoms with Crippen LogP contribution in [0.3, 0.4) is 0 Å². The molecule has 26 heavy (non-hydrogen) atoms. The number of aryl methyl sites for hydroxylation is 2. The lowest BCUT2D eigenvalue weighted by Gasteiger charge is -2.24. The highest BCUT2D eigenvalue weighted by molar-refractivity contribution is 9.10. The van der Waals surface area contributed by atoms with E-state index in [1.165, 1.54) is 4.90 Å². The molecule has 0 radical (unpaired) electrons. The molecule has 136 valence electrons. The number of hydrogen-bond acceptors (Lipinski definition) is 3. The number of likely N-dealkylation sites (tertiary alicyclic amines) is 1. The number of benzene rings is 1. The lowest BCUT2D eigenvalue weighted by Crippen LogP contribution is -2.46. The fourth-order valence-corrected chi connectivity index (χ4v) is 4.92. The summed E-state index contributed by atoms with van der Waals surface area (Å²) in [5.74, 6) is -0.967. The molecule has 3 aliphatic rings. The van der Waals surface area contributed by atoms with Gasteiger partial charge in [-0.3, -0.25) is 19.3 Å². The summed E-state index contributed by atoms with van der Waals surface area (Å²) < 4.78 is 1.00. The number of anilines is 1. The third-order valence-corrected chi connectivity index (χ3v) is 7.23. The Labute approximate surface area is 160 Å². The van der Waals surface area contributed by atoms with E-state index in [1.54, 1.807) is 6.92 Å². The topological polar surface area (TPSA) is 66.5 Å². The van der Waals surface area contributed by atoms with Gasteiger partial charge in [0.25, 0.3) is 0 Å². The number of rotatable bonds is 3. The molecule has 6 heteroatoms. The first-order valence-corrected chi connectivity index (χ1v) is 9.71. The lowest BCUT2D eigenvalue weighted by atomic mass is 9.85. The SMILES string of the molecule is Cc1cc(NC(=O)C(C)N2C(=O)C3C4C=CC(C4)C3C2=O)cc(C)c1Br. The largest absolute Gasteiger partial charge is 0.324 e. The van der Waals surface area contributed by atoms with Crippen molar-refractivity contribution >= 4 is 39.3 Å². The smallest absolute Gasteiger partial charge is 0.247 e. The Morgan fingerprint density at radius 3 is 2.12 bits per heavy atom. The summed E-state index contributed by atoms with van der Waals surface area (Å²) in [5.41, 5.74) is 2.69. The molecule has 1 saturated carbocycles. The molecule has 1 aromatic carbocycles. The van der Waals surface area contributed by atoms with Crippen molar-refractivity contribution in [2.45, 2.75) is 33.2 Å². The molecule has 4 rings (SSSR count). The van der Waals surface area contributed by atoms with Crippen LogP contribution in [0.15, 0.2) is 28.8 Å². The van der Waals surface area contributed by atoms with Gasteiger partial charge in [-0.15, -0.1) is 0 Å². The van der Waals surface area contributed by atoms with E-state index in [2.05, 4.69) is 33.4 Å². The molecule has 0 aromatic heterocycles. The first kappa shape index (κ1) is 17.5. The van der Waals surface area contributed by atoms with Crippen LogP contribution in [0.5, 0.6) is 0 Å². The highest BCUT2D eigenvalue weighted by Crippen LogP contribution is 2.52. The Hall–Kier alpha value is -1.95. The Balaban J connectivity index is 1.53. The predicted octanol–water partition coefficient (Wildman–Crippen LogP) is 3.20. The van der Waals surface area contributed by atoms with Crippen molar-refractivity contribution in [2.24, 2.45) is 23.7 Å². The zero-order valence-corrected chi connectivity index (χ0v) is 16.5. The lowest BCUT2D eigenvalue weighted by molar-refractivity contribution is -0.146. The number of halogens is 1. The van der Waals surface area contributed by atoms with Crippen molar-refractivity contribution in [1.82, 2.24) is 4.90 Å². The summed E-state index contributed by atoms with van der Waals surface area (Å²) in [4.78, 5) is 39.5. The molecule has 1 heterocycles. The Morgan fingerprint density at radius 2 is 1.62 bits per heavy atom. The fraction of sp³-hybridized carbons (Fsp3) is 0.450. The van der Waals surface area contributed by atoms with Gasteiger partial charge in [0.05, 0.1) is 11.8 Å². The second kappa shape index (κ2) is 6.05. The highest BCUT2D eigenvalue weighted by Gasteiger charge is 2.60. The van der Waals surface area contributed by atoms with Crippen LogP contribution in [0.4, 0.5) is 5.69 Å². The molecule has 3 amide bonds. The van der Waals surface area contributed by atoms with Crippen LogP contribution in [-0.2, 0) is 14.4 Å². The molecule has 5 atom stereocenters. The Kier molecular flexibility index (Phi) is 4.06. The van der Waals surface area contributed by atoms with E-state index in [4.69, 9.17) is 0 Å². The van der Waals surface area contributed by atoms with Gasteiger partial charge in [0.1, 0.15) is 6.04 Å². The molecule has 2 fully saturated rings. The van der Waals surface area contributed by atoms with E-state index in [0.717, 1.165) is 22.0 Å². The van der Waals surface area contributed by atoms with Gasteiger partial charge in [-0.25, -0.2) is 0 Å². The van der Waals surface area contributed by atoms with E-state index in [9.17, 15) is 14.4 Å². The van der Waals surface area contributed by atoms with Gasteiger partial charge in [-0.05, 0) is 62.3 Å². The zero-order valence-electron chi connectivity index (χ0n) is 15.0. The molecular formula is C20H21BrN2O3. The maximum Gasteiger partial charge on any atom is 0.247 e. The van der Waals surface area contributed by atoms with E-state index in [0.29, 0.717) is 5.69 Å². The van der Waals surface area contributed by atoms with E-state index in [-0.39, 0.29) is 41.4 Å². The molecule has 1 saturated heterocycles. The summed E-state index contributed by atoms with van der Waals surface area (Å²) in [5, 5.41) is 2.85. The van der Waals surface area contributed by atoms with Crippen molar-refractivity contribution in [3.8, 4) is 0 Å². The minimum atomic E-state index is -0.816. The third-order valence-electron chi connectivity index (χ3n) is 5.98. The average Bonchev–Trinajstić information content (AvgIpc) is 3.26. The number of hydrogen-bond donors (Lipinski definition) is 1. The average molecular weight is 417 g/mol. The van der Waals surface area contributed by atoms with Gasteiger partial charge >= 0.3 is 0 Å². The molecule has 5 unspecified atom stereocenters. The summed E-state index contributed by atoms with van der Waals surface area (Å²) >= 11 is 3.51. The van der Waals surface area contributed by atoms with Gasteiger partial charge in [0, 0.05) is 10.2 Å². The third kappa shape index (κ3) is 2.46. The van der Waals surface area contributed by atoms with Crippen LogP contribution >= 0.6 is 15.9 Å². The number of amides is 3. The Morgan fingerprint density at radius 1 is 1.12 bits per heavy atom. The van der Waals surface area contributed by atoms with Crippen molar-refractivity contribution in [2.75, 3.05) is 5.32 Å². The minimum absolute atomic E-state index is 0.151. The molecular weight excluding hydrogens is 396 g/mol. The summed E-state index contributed by atoms with van der Waals surface area (Å²) in [6.45, 7) is 5.53. The zero-order chi connectivity index (χ0) is 18.7. The van der Waals surface area contributed by atoms with Crippen molar-refractivity contribution in [3.05, 3.63) is 39.9 Å². The maximum absolute atomic E-state index is 12.8. The van der Waals surface area contributed by atoms with Crippen LogP contribution in [-0.4, -0.2) is 28.7 Å². The van der Waals surface area contributed by atoms with Crippen molar-refractivity contribution < 1.29 is 14.4 Å². The number of allylic oxidation sites excluding steroid dienone is 2. The predicted molar refractivity (Wildman–Crippen MR) is 101 cm³/mol. The Bertz CT molecular complexity index is 810. The summed E-state index contributed by atoms with van der Waals surface area (Å²) in [7, 11) is 0. The van der Waals surface area contributed by atoms with E-state index in [1.807, 2.05) is 26.0 Å². The fourth-order valence-electron chi connectivity index (χ4n) is 4.69.